The average molecular weight is 506 g/mol. The summed E-state index contributed by atoms with van der Waals surface area (Å²) in [5.74, 6) is 0.144. The predicted octanol–water partition coefficient (Wildman–Crippen LogP) is 4.49. The lowest BCUT2D eigenvalue weighted by Crippen LogP contribution is -2.29. The lowest BCUT2D eigenvalue weighted by Gasteiger charge is -2.26. The number of benzene rings is 2. The highest BCUT2D eigenvalue weighted by Crippen LogP contribution is 2.46. The summed E-state index contributed by atoms with van der Waals surface area (Å²) in [5.41, 5.74) is 0.748. The monoisotopic (exact) mass is 505 g/mol. The first-order chi connectivity index (χ1) is 17.9. The van der Waals surface area contributed by atoms with Gasteiger partial charge in [-0.25, -0.2) is 0 Å². The lowest BCUT2D eigenvalue weighted by molar-refractivity contribution is -0.140. The number of rotatable bonds is 10. The van der Waals surface area contributed by atoms with E-state index in [4.69, 9.17) is 23.4 Å². The van der Waals surface area contributed by atoms with Gasteiger partial charge in [0.05, 0.1) is 45.8 Å². The van der Waals surface area contributed by atoms with E-state index in [1.807, 2.05) is 0 Å². The second kappa shape index (κ2) is 10.9. The molecular formula is C28H27NO8. The number of carbonyl (C=O) groups is 2. The standard InChI is InChI=1S/C28H27NO8/c1-5-12-36-19-10-8-17(9-11-19)25(30)23-24(18-14-21(33-2)27(35-4)22(15-18)34-3)29(28(32)26(23)31)16-20-7-6-13-37-20/h5-11,13-15,24,30H,1,12,16H2,2-4H3/b25-23-. The van der Waals surface area contributed by atoms with Crippen molar-refractivity contribution in [3.8, 4) is 23.0 Å². The third-order valence-corrected chi connectivity index (χ3v) is 5.94. The highest BCUT2D eigenvalue weighted by atomic mass is 16.5. The molecule has 9 heteroatoms. The number of aliphatic hydroxyl groups excluding tert-OH is 1. The number of aliphatic hydroxyl groups is 1. The van der Waals surface area contributed by atoms with Crippen molar-refractivity contribution in [2.24, 2.45) is 0 Å². The summed E-state index contributed by atoms with van der Waals surface area (Å²) < 4.78 is 27.3. The number of amides is 1. The minimum Gasteiger partial charge on any atom is -0.507 e. The summed E-state index contributed by atoms with van der Waals surface area (Å²) in [6.45, 7) is 3.94. The van der Waals surface area contributed by atoms with Crippen molar-refractivity contribution in [3.63, 3.8) is 0 Å². The molecule has 0 saturated carbocycles. The Morgan fingerprint density at radius 3 is 2.27 bits per heavy atom. The molecule has 1 aliphatic heterocycles. The zero-order chi connectivity index (χ0) is 26.5. The maximum atomic E-state index is 13.3. The van der Waals surface area contributed by atoms with Crippen LogP contribution in [-0.4, -0.2) is 49.6 Å². The van der Waals surface area contributed by atoms with Crippen molar-refractivity contribution in [3.05, 3.63) is 89.9 Å². The van der Waals surface area contributed by atoms with Crippen LogP contribution >= 0.6 is 0 Å². The Bertz CT molecular complexity index is 1300. The number of ether oxygens (including phenoxy) is 4. The van der Waals surface area contributed by atoms with E-state index in [0.717, 1.165) is 0 Å². The third-order valence-electron chi connectivity index (χ3n) is 5.94. The number of nitrogens with zero attached hydrogens (tertiary/aromatic N) is 1. The molecule has 0 aliphatic carbocycles. The summed E-state index contributed by atoms with van der Waals surface area (Å²) in [5, 5.41) is 11.3. The van der Waals surface area contributed by atoms with Crippen molar-refractivity contribution in [1.82, 2.24) is 4.90 Å². The van der Waals surface area contributed by atoms with Gasteiger partial charge in [-0.15, -0.1) is 0 Å². The molecule has 2 aromatic carbocycles. The molecule has 4 rings (SSSR count). The predicted molar refractivity (Wildman–Crippen MR) is 135 cm³/mol. The van der Waals surface area contributed by atoms with Crippen LogP contribution in [0.15, 0.2) is 77.4 Å². The highest BCUT2D eigenvalue weighted by Gasteiger charge is 2.47. The summed E-state index contributed by atoms with van der Waals surface area (Å²) >= 11 is 0. The average Bonchev–Trinajstić information content (AvgIpc) is 3.53. The Balaban J connectivity index is 1.88. The van der Waals surface area contributed by atoms with Gasteiger partial charge in [0.2, 0.25) is 5.75 Å². The van der Waals surface area contributed by atoms with Gasteiger partial charge in [0.15, 0.2) is 11.5 Å². The van der Waals surface area contributed by atoms with E-state index >= 15 is 0 Å². The van der Waals surface area contributed by atoms with Crippen molar-refractivity contribution >= 4 is 17.4 Å². The number of methoxy groups -OCH3 is 3. The van der Waals surface area contributed by atoms with Crippen LogP contribution in [-0.2, 0) is 16.1 Å². The smallest absolute Gasteiger partial charge is 0.296 e. The van der Waals surface area contributed by atoms with Gasteiger partial charge in [-0.1, -0.05) is 12.7 Å². The van der Waals surface area contributed by atoms with Crippen LogP contribution in [0.3, 0.4) is 0 Å². The number of hydrogen-bond acceptors (Lipinski definition) is 8. The number of ketones is 1. The molecule has 0 bridgehead atoms. The van der Waals surface area contributed by atoms with Gasteiger partial charge in [0.25, 0.3) is 11.7 Å². The molecule has 1 N–H and O–H groups in total. The molecule has 0 spiro atoms. The Labute approximate surface area is 214 Å². The molecule has 1 amide bonds. The molecule has 1 aromatic heterocycles. The minimum absolute atomic E-state index is 0.00398. The number of hydrogen-bond donors (Lipinski definition) is 1. The Hall–Kier alpha value is -4.66. The number of carbonyl (C=O) groups excluding carboxylic acids is 2. The first-order valence-corrected chi connectivity index (χ1v) is 11.4. The summed E-state index contributed by atoms with van der Waals surface area (Å²) in [6, 6.07) is 12.3. The molecule has 1 saturated heterocycles. The van der Waals surface area contributed by atoms with Crippen LogP contribution in [0.4, 0.5) is 0 Å². The molecule has 0 radical (unpaired) electrons. The van der Waals surface area contributed by atoms with Gasteiger partial charge in [0.1, 0.15) is 23.9 Å². The van der Waals surface area contributed by atoms with Gasteiger partial charge in [0, 0.05) is 5.56 Å². The van der Waals surface area contributed by atoms with Crippen LogP contribution in [0.2, 0.25) is 0 Å². The summed E-state index contributed by atoms with van der Waals surface area (Å²) in [4.78, 5) is 27.9. The van der Waals surface area contributed by atoms with Crippen molar-refractivity contribution in [1.29, 1.82) is 0 Å². The maximum absolute atomic E-state index is 13.3. The second-order valence-corrected chi connectivity index (χ2v) is 8.09. The van der Waals surface area contributed by atoms with Gasteiger partial charge >= 0.3 is 0 Å². The van der Waals surface area contributed by atoms with Crippen molar-refractivity contribution in [2.75, 3.05) is 27.9 Å². The Morgan fingerprint density at radius 1 is 1.05 bits per heavy atom. The molecule has 37 heavy (non-hydrogen) atoms. The van der Waals surface area contributed by atoms with Crippen molar-refractivity contribution < 1.29 is 38.1 Å². The maximum Gasteiger partial charge on any atom is 0.296 e. The summed E-state index contributed by atoms with van der Waals surface area (Å²) in [6.07, 6.45) is 3.10. The number of likely N-dealkylation sites (tertiary alicyclic amines) is 1. The highest BCUT2D eigenvalue weighted by molar-refractivity contribution is 6.46. The van der Waals surface area contributed by atoms with Crippen LogP contribution < -0.4 is 18.9 Å². The molecule has 1 atom stereocenters. The van der Waals surface area contributed by atoms with E-state index in [-0.39, 0.29) is 17.9 Å². The van der Waals surface area contributed by atoms with Gasteiger partial charge in [-0.3, -0.25) is 9.59 Å². The first kappa shape index (κ1) is 25.4. The van der Waals surface area contributed by atoms with Crippen LogP contribution in [0.5, 0.6) is 23.0 Å². The molecule has 1 fully saturated rings. The summed E-state index contributed by atoms with van der Waals surface area (Å²) in [7, 11) is 4.42. The molecule has 9 nitrogen and oxygen atoms in total. The minimum atomic E-state index is -0.963. The number of Topliss-reactive ketones (excluding diaryl/α,β-unsaturated/α-hetero) is 1. The van der Waals surface area contributed by atoms with E-state index in [1.165, 1.54) is 32.5 Å². The largest absolute Gasteiger partial charge is 0.507 e. The Morgan fingerprint density at radius 2 is 1.73 bits per heavy atom. The van der Waals surface area contributed by atoms with Crippen LogP contribution in [0.1, 0.15) is 22.9 Å². The fourth-order valence-electron chi connectivity index (χ4n) is 4.24. The zero-order valence-corrected chi connectivity index (χ0v) is 20.7. The topological polar surface area (TPSA) is 108 Å². The van der Waals surface area contributed by atoms with E-state index in [2.05, 4.69) is 6.58 Å². The van der Waals surface area contributed by atoms with Gasteiger partial charge in [-0.2, -0.15) is 0 Å². The van der Waals surface area contributed by atoms with E-state index < -0.39 is 17.7 Å². The van der Waals surface area contributed by atoms with Crippen LogP contribution in [0, 0.1) is 0 Å². The van der Waals surface area contributed by atoms with E-state index in [0.29, 0.717) is 46.5 Å². The quantitative estimate of drug-likeness (QED) is 0.186. The van der Waals surface area contributed by atoms with Crippen molar-refractivity contribution in [2.45, 2.75) is 12.6 Å². The van der Waals surface area contributed by atoms with E-state index in [1.54, 1.807) is 54.6 Å². The number of furan rings is 1. The lowest BCUT2D eigenvalue weighted by atomic mass is 9.94. The third kappa shape index (κ3) is 4.88. The van der Waals surface area contributed by atoms with Gasteiger partial charge < -0.3 is 33.4 Å². The fraction of sp³-hybridized carbons (Fsp3) is 0.214. The molecule has 2 heterocycles. The molecular weight excluding hydrogens is 478 g/mol. The fourth-order valence-corrected chi connectivity index (χ4v) is 4.24. The van der Waals surface area contributed by atoms with Crippen LogP contribution in [0.25, 0.3) is 5.76 Å². The SMILES string of the molecule is C=CCOc1ccc(/C(O)=C2/C(=O)C(=O)N(Cc3ccco3)C2c2cc(OC)c(OC)c(OC)c2)cc1. The second-order valence-electron chi connectivity index (χ2n) is 8.09. The zero-order valence-electron chi connectivity index (χ0n) is 20.7. The van der Waals surface area contributed by atoms with E-state index in [9.17, 15) is 14.7 Å². The molecule has 3 aromatic rings. The normalized spacial score (nSPS) is 16.5. The molecule has 192 valence electrons. The first-order valence-electron chi connectivity index (χ1n) is 11.4. The Kier molecular flexibility index (Phi) is 7.52. The molecule has 1 aliphatic rings. The molecule has 1 unspecified atom stereocenters. The van der Waals surface area contributed by atoms with Gasteiger partial charge in [-0.05, 0) is 54.1 Å².